The molecular weight excluding hydrogens is 168 g/mol. The molecule has 0 aliphatic rings. The van der Waals surface area contributed by atoms with Crippen LogP contribution >= 0.6 is 0 Å². The molecule has 2 aromatic heterocycles. The monoisotopic (exact) mass is 178 g/mol. The van der Waals surface area contributed by atoms with Crippen molar-refractivity contribution in [2.24, 2.45) is 0 Å². The lowest BCUT2D eigenvalue weighted by atomic mass is 10.2. The third kappa shape index (κ3) is 1.15. The number of hydrogen-bond donors (Lipinski definition) is 1. The average molecular weight is 178 g/mol. The Morgan fingerprint density at radius 1 is 1.54 bits per heavy atom. The highest BCUT2D eigenvalue weighted by molar-refractivity contribution is 5.54. The van der Waals surface area contributed by atoms with Gasteiger partial charge in [-0.15, -0.1) is 0 Å². The van der Waals surface area contributed by atoms with E-state index in [4.69, 9.17) is 9.84 Å². The molecule has 0 fully saturated rings. The molecule has 2 rings (SSSR count). The summed E-state index contributed by atoms with van der Waals surface area (Å²) in [6, 6.07) is 1.81. The van der Waals surface area contributed by atoms with E-state index >= 15 is 0 Å². The first kappa shape index (κ1) is 8.07. The highest BCUT2D eigenvalue weighted by Gasteiger charge is 2.07. The van der Waals surface area contributed by atoms with E-state index in [1.54, 1.807) is 19.4 Å². The molecule has 0 saturated heterocycles. The average Bonchev–Trinajstić information content (AvgIpc) is 2.63. The number of pyridine rings is 1. The van der Waals surface area contributed by atoms with E-state index in [9.17, 15) is 0 Å². The van der Waals surface area contributed by atoms with E-state index in [1.165, 1.54) is 0 Å². The van der Waals surface area contributed by atoms with Crippen molar-refractivity contribution in [3.05, 3.63) is 30.2 Å². The Morgan fingerprint density at radius 3 is 3.08 bits per heavy atom. The van der Waals surface area contributed by atoms with Crippen molar-refractivity contribution < 1.29 is 9.84 Å². The number of aliphatic hydroxyl groups excluding tert-OH is 1. The molecule has 0 amide bonds. The minimum atomic E-state index is -0.0650. The zero-order valence-electron chi connectivity index (χ0n) is 7.27. The van der Waals surface area contributed by atoms with E-state index in [2.05, 4.69) is 4.98 Å². The van der Waals surface area contributed by atoms with Crippen LogP contribution in [-0.2, 0) is 6.61 Å². The summed E-state index contributed by atoms with van der Waals surface area (Å²) in [5.74, 6) is 0.668. The second-order valence-electron chi connectivity index (χ2n) is 2.68. The quantitative estimate of drug-likeness (QED) is 0.741. The number of aromatic nitrogens is 2. The van der Waals surface area contributed by atoms with Crippen molar-refractivity contribution in [1.29, 1.82) is 0 Å². The molecular formula is C9H10N2O2. The van der Waals surface area contributed by atoms with E-state index in [0.29, 0.717) is 5.75 Å². The third-order valence-electron chi connectivity index (χ3n) is 2.00. The van der Waals surface area contributed by atoms with Crippen LogP contribution in [0.5, 0.6) is 5.75 Å². The summed E-state index contributed by atoms with van der Waals surface area (Å²) < 4.78 is 6.94. The molecule has 0 saturated carbocycles. The summed E-state index contributed by atoms with van der Waals surface area (Å²) in [5.41, 5.74) is 1.46. The summed E-state index contributed by atoms with van der Waals surface area (Å²) in [5, 5.41) is 9.13. The number of rotatable bonds is 2. The van der Waals surface area contributed by atoms with Gasteiger partial charge in [0.1, 0.15) is 11.4 Å². The van der Waals surface area contributed by atoms with Gasteiger partial charge in [-0.25, -0.2) is 4.98 Å². The van der Waals surface area contributed by atoms with E-state index < -0.39 is 0 Å². The molecule has 0 spiro atoms. The summed E-state index contributed by atoms with van der Waals surface area (Å²) >= 11 is 0. The van der Waals surface area contributed by atoms with Gasteiger partial charge >= 0.3 is 0 Å². The first-order valence-electron chi connectivity index (χ1n) is 3.96. The van der Waals surface area contributed by atoms with Crippen LogP contribution in [0, 0.1) is 0 Å². The van der Waals surface area contributed by atoms with Crippen molar-refractivity contribution in [3.8, 4) is 5.75 Å². The van der Waals surface area contributed by atoms with Gasteiger partial charge in [-0.2, -0.15) is 0 Å². The topological polar surface area (TPSA) is 46.8 Å². The first-order chi connectivity index (χ1) is 6.36. The summed E-state index contributed by atoms with van der Waals surface area (Å²) in [6.07, 6.45) is 5.36. The zero-order valence-corrected chi connectivity index (χ0v) is 7.27. The number of fused-ring (bicyclic) bond motifs is 1. The fraction of sp³-hybridized carbons (Fsp3) is 0.222. The van der Waals surface area contributed by atoms with Gasteiger partial charge in [0.05, 0.1) is 19.3 Å². The zero-order chi connectivity index (χ0) is 9.26. The van der Waals surface area contributed by atoms with Crippen molar-refractivity contribution in [2.45, 2.75) is 6.61 Å². The standard InChI is InChI=1S/C9H10N2O2/c1-13-8-2-4-11-5-3-10-9(11)7(8)6-12/h2-5,12H,6H2,1H3. The lowest BCUT2D eigenvalue weighted by Crippen LogP contribution is -1.96. The Balaban J connectivity index is 2.74. The van der Waals surface area contributed by atoms with Crippen LogP contribution in [0.1, 0.15) is 5.56 Å². The van der Waals surface area contributed by atoms with Gasteiger partial charge in [0.25, 0.3) is 0 Å². The fourth-order valence-electron chi connectivity index (χ4n) is 1.37. The Morgan fingerprint density at radius 2 is 2.38 bits per heavy atom. The molecule has 13 heavy (non-hydrogen) atoms. The molecule has 2 heterocycles. The van der Waals surface area contributed by atoms with Crippen LogP contribution in [0.3, 0.4) is 0 Å². The maximum absolute atomic E-state index is 9.13. The van der Waals surface area contributed by atoms with Crippen LogP contribution in [-0.4, -0.2) is 21.6 Å². The van der Waals surface area contributed by atoms with Crippen molar-refractivity contribution >= 4 is 5.65 Å². The largest absolute Gasteiger partial charge is 0.496 e. The van der Waals surface area contributed by atoms with Gasteiger partial charge < -0.3 is 14.2 Å². The molecule has 0 aromatic carbocycles. The van der Waals surface area contributed by atoms with Gasteiger partial charge in [0, 0.05) is 18.6 Å². The molecule has 68 valence electrons. The Labute approximate surface area is 75.4 Å². The molecule has 0 aliphatic heterocycles. The summed E-state index contributed by atoms with van der Waals surface area (Å²) in [7, 11) is 1.58. The van der Waals surface area contributed by atoms with E-state index in [-0.39, 0.29) is 6.61 Å². The van der Waals surface area contributed by atoms with Gasteiger partial charge in [0.15, 0.2) is 0 Å². The minimum absolute atomic E-state index is 0.0650. The van der Waals surface area contributed by atoms with Crippen LogP contribution in [0.4, 0.5) is 0 Å². The SMILES string of the molecule is COc1ccn2ccnc2c1CO. The van der Waals surface area contributed by atoms with Crippen LogP contribution in [0.2, 0.25) is 0 Å². The normalized spacial score (nSPS) is 10.6. The van der Waals surface area contributed by atoms with Crippen LogP contribution in [0.25, 0.3) is 5.65 Å². The minimum Gasteiger partial charge on any atom is -0.496 e. The lowest BCUT2D eigenvalue weighted by Gasteiger charge is -2.06. The molecule has 4 heteroatoms. The van der Waals surface area contributed by atoms with Crippen molar-refractivity contribution in [3.63, 3.8) is 0 Å². The number of methoxy groups -OCH3 is 1. The maximum Gasteiger partial charge on any atom is 0.145 e. The highest BCUT2D eigenvalue weighted by Crippen LogP contribution is 2.21. The van der Waals surface area contributed by atoms with Gasteiger partial charge in [-0.1, -0.05) is 0 Å². The summed E-state index contributed by atoms with van der Waals surface area (Å²) in [6.45, 7) is -0.0650. The summed E-state index contributed by atoms with van der Waals surface area (Å²) in [4.78, 5) is 4.12. The van der Waals surface area contributed by atoms with E-state index in [1.807, 2.05) is 16.8 Å². The Kier molecular flexibility index (Phi) is 1.90. The molecule has 4 nitrogen and oxygen atoms in total. The number of imidazole rings is 1. The number of aliphatic hydroxyl groups is 1. The van der Waals surface area contributed by atoms with Gasteiger partial charge in [-0.05, 0) is 6.07 Å². The molecule has 2 aromatic rings. The number of ether oxygens (including phenoxy) is 1. The predicted molar refractivity (Wildman–Crippen MR) is 47.7 cm³/mol. The molecule has 1 N–H and O–H groups in total. The molecule has 0 bridgehead atoms. The maximum atomic E-state index is 9.13. The smallest absolute Gasteiger partial charge is 0.145 e. The number of nitrogens with zero attached hydrogens (tertiary/aromatic N) is 2. The molecule has 0 radical (unpaired) electrons. The predicted octanol–water partition coefficient (Wildman–Crippen LogP) is 0.835. The molecule has 0 aliphatic carbocycles. The van der Waals surface area contributed by atoms with Gasteiger partial charge in [0.2, 0.25) is 0 Å². The third-order valence-corrected chi connectivity index (χ3v) is 2.00. The van der Waals surface area contributed by atoms with Crippen LogP contribution in [0.15, 0.2) is 24.7 Å². The Hall–Kier alpha value is -1.55. The lowest BCUT2D eigenvalue weighted by molar-refractivity contribution is 0.274. The molecule has 0 unspecified atom stereocenters. The molecule has 0 atom stereocenters. The van der Waals surface area contributed by atoms with E-state index in [0.717, 1.165) is 11.2 Å². The second kappa shape index (κ2) is 3.06. The highest BCUT2D eigenvalue weighted by atomic mass is 16.5. The van der Waals surface area contributed by atoms with Crippen molar-refractivity contribution in [1.82, 2.24) is 9.38 Å². The van der Waals surface area contributed by atoms with Crippen molar-refractivity contribution in [2.75, 3.05) is 7.11 Å². The van der Waals surface area contributed by atoms with Gasteiger partial charge in [-0.3, -0.25) is 0 Å². The first-order valence-corrected chi connectivity index (χ1v) is 3.96. The Bertz CT molecular complexity index is 422. The fourth-order valence-corrected chi connectivity index (χ4v) is 1.37. The van der Waals surface area contributed by atoms with Crippen LogP contribution < -0.4 is 4.74 Å². The number of hydrogen-bond acceptors (Lipinski definition) is 3. The second-order valence-corrected chi connectivity index (χ2v) is 2.68.